The molecular formula is C18H15F5N2O2. The van der Waals surface area contributed by atoms with Crippen LogP contribution >= 0.6 is 0 Å². The fourth-order valence-corrected chi connectivity index (χ4v) is 2.31. The highest BCUT2D eigenvalue weighted by atomic mass is 19.4. The molecule has 0 spiro atoms. The van der Waals surface area contributed by atoms with E-state index >= 15 is 0 Å². The van der Waals surface area contributed by atoms with E-state index in [0.717, 1.165) is 41.3 Å². The minimum Gasteiger partial charge on any atom is -0.326 e. The number of benzene rings is 2. The van der Waals surface area contributed by atoms with Crippen LogP contribution in [0.2, 0.25) is 0 Å². The Hall–Kier alpha value is -2.97. The number of rotatable bonds is 5. The molecule has 0 aliphatic rings. The third kappa shape index (κ3) is 5.50. The molecule has 144 valence electrons. The van der Waals surface area contributed by atoms with E-state index in [1.807, 2.05) is 0 Å². The molecule has 0 unspecified atom stereocenters. The largest absolute Gasteiger partial charge is 0.416 e. The van der Waals surface area contributed by atoms with Gasteiger partial charge in [0.2, 0.25) is 11.8 Å². The third-order valence-corrected chi connectivity index (χ3v) is 3.65. The van der Waals surface area contributed by atoms with Gasteiger partial charge in [-0.15, -0.1) is 0 Å². The van der Waals surface area contributed by atoms with Crippen molar-refractivity contribution in [1.82, 2.24) is 0 Å². The van der Waals surface area contributed by atoms with Crippen molar-refractivity contribution >= 4 is 23.2 Å². The van der Waals surface area contributed by atoms with E-state index in [2.05, 4.69) is 5.32 Å². The van der Waals surface area contributed by atoms with Crippen molar-refractivity contribution in [2.24, 2.45) is 0 Å². The average Bonchev–Trinajstić information content (AvgIpc) is 2.58. The molecule has 0 aliphatic carbocycles. The fraction of sp³-hybridized carbons (Fsp3) is 0.222. The summed E-state index contributed by atoms with van der Waals surface area (Å²) in [7, 11) is 0. The van der Waals surface area contributed by atoms with E-state index in [0.29, 0.717) is 0 Å². The maximum Gasteiger partial charge on any atom is 0.416 e. The molecular weight excluding hydrogens is 371 g/mol. The van der Waals surface area contributed by atoms with Crippen LogP contribution in [-0.2, 0) is 15.8 Å². The first kappa shape index (κ1) is 20.3. The second kappa shape index (κ2) is 8.15. The summed E-state index contributed by atoms with van der Waals surface area (Å²) in [6.45, 7) is 1.11. The van der Waals surface area contributed by atoms with Gasteiger partial charge < -0.3 is 10.2 Å². The molecule has 2 rings (SSSR count). The fourth-order valence-electron chi connectivity index (χ4n) is 2.31. The minimum absolute atomic E-state index is 0.0443. The SMILES string of the molecule is CC(=O)N(CCC(=O)Nc1ccc(F)c(F)c1)c1ccc(C(F)(F)F)cc1. The van der Waals surface area contributed by atoms with Crippen LogP contribution in [0.15, 0.2) is 42.5 Å². The molecule has 2 aromatic rings. The Morgan fingerprint density at radius 2 is 1.63 bits per heavy atom. The maximum absolute atomic E-state index is 13.1. The summed E-state index contributed by atoms with van der Waals surface area (Å²) >= 11 is 0. The van der Waals surface area contributed by atoms with E-state index < -0.39 is 35.2 Å². The van der Waals surface area contributed by atoms with Crippen molar-refractivity contribution in [3.05, 3.63) is 59.7 Å². The second-order valence-electron chi connectivity index (χ2n) is 5.64. The summed E-state index contributed by atoms with van der Waals surface area (Å²) in [6, 6.07) is 6.80. The van der Waals surface area contributed by atoms with Crippen molar-refractivity contribution in [1.29, 1.82) is 0 Å². The number of carbonyl (C=O) groups excluding carboxylic acids is 2. The Kier molecular flexibility index (Phi) is 6.14. The topological polar surface area (TPSA) is 49.4 Å². The number of amides is 2. The molecule has 0 saturated heterocycles. The van der Waals surface area contributed by atoms with Gasteiger partial charge in [0.1, 0.15) is 0 Å². The van der Waals surface area contributed by atoms with Crippen LogP contribution in [0.4, 0.5) is 33.3 Å². The first-order valence-corrected chi connectivity index (χ1v) is 7.78. The Balaban J connectivity index is 2.02. The van der Waals surface area contributed by atoms with Crippen LogP contribution in [0.5, 0.6) is 0 Å². The second-order valence-corrected chi connectivity index (χ2v) is 5.64. The number of halogens is 5. The highest BCUT2D eigenvalue weighted by molar-refractivity contribution is 5.94. The lowest BCUT2D eigenvalue weighted by Gasteiger charge is -2.21. The van der Waals surface area contributed by atoms with E-state index in [1.54, 1.807) is 0 Å². The third-order valence-electron chi connectivity index (χ3n) is 3.65. The molecule has 1 N–H and O–H groups in total. The summed E-state index contributed by atoms with van der Waals surface area (Å²) in [5, 5.41) is 2.35. The lowest BCUT2D eigenvalue weighted by molar-refractivity contribution is -0.137. The summed E-state index contributed by atoms with van der Waals surface area (Å²) in [4.78, 5) is 24.8. The molecule has 0 heterocycles. The quantitative estimate of drug-likeness (QED) is 0.776. The molecule has 0 radical (unpaired) electrons. The molecule has 0 fully saturated rings. The van der Waals surface area contributed by atoms with Crippen LogP contribution in [-0.4, -0.2) is 18.4 Å². The van der Waals surface area contributed by atoms with Crippen LogP contribution in [0.3, 0.4) is 0 Å². The predicted molar refractivity (Wildman–Crippen MR) is 89.1 cm³/mol. The summed E-state index contributed by atoms with van der Waals surface area (Å²) in [5.74, 6) is -3.21. The predicted octanol–water partition coefficient (Wildman–Crippen LogP) is 4.37. The Labute approximate surface area is 151 Å². The van der Waals surface area contributed by atoms with Crippen LogP contribution in [0, 0.1) is 11.6 Å². The molecule has 0 atom stereocenters. The highest BCUT2D eigenvalue weighted by Gasteiger charge is 2.30. The lowest BCUT2D eigenvalue weighted by atomic mass is 10.2. The molecule has 2 amide bonds. The van der Waals surface area contributed by atoms with Gasteiger partial charge in [-0.25, -0.2) is 8.78 Å². The summed E-state index contributed by atoms with van der Waals surface area (Å²) in [6.07, 6.45) is -4.69. The number of hydrogen-bond donors (Lipinski definition) is 1. The number of carbonyl (C=O) groups is 2. The molecule has 2 aromatic carbocycles. The Morgan fingerprint density at radius 3 is 2.15 bits per heavy atom. The van der Waals surface area contributed by atoms with Gasteiger partial charge in [0.05, 0.1) is 5.56 Å². The number of anilines is 2. The van der Waals surface area contributed by atoms with Gasteiger partial charge in [0.15, 0.2) is 11.6 Å². The molecule has 0 aliphatic heterocycles. The van der Waals surface area contributed by atoms with Crippen molar-refractivity contribution in [2.75, 3.05) is 16.8 Å². The number of hydrogen-bond acceptors (Lipinski definition) is 2. The summed E-state index contributed by atoms with van der Waals surface area (Å²) < 4.78 is 63.8. The molecule has 0 bridgehead atoms. The van der Waals surface area contributed by atoms with E-state index in [1.165, 1.54) is 13.0 Å². The standard InChI is InChI=1S/C18H15F5N2O2/c1-11(26)25(14-5-2-12(3-6-14)18(21,22)23)9-8-17(27)24-13-4-7-15(19)16(20)10-13/h2-7,10H,8-9H2,1H3,(H,24,27). The number of alkyl halides is 3. The first-order chi connectivity index (χ1) is 12.6. The van der Waals surface area contributed by atoms with E-state index in [4.69, 9.17) is 0 Å². The highest BCUT2D eigenvalue weighted by Crippen LogP contribution is 2.30. The molecule has 0 aromatic heterocycles. The monoisotopic (exact) mass is 386 g/mol. The van der Waals surface area contributed by atoms with Crippen molar-refractivity contribution in [2.45, 2.75) is 19.5 Å². The first-order valence-electron chi connectivity index (χ1n) is 7.78. The smallest absolute Gasteiger partial charge is 0.326 e. The molecule has 9 heteroatoms. The van der Waals surface area contributed by atoms with Crippen molar-refractivity contribution in [3.63, 3.8) is 0 Å². The van der Waals surface area contributed by atoms with Gasteiger partial charge in [-0.1, -0.05) is 0 Å². The maximum atomic E-state index is 13.1. The van der Waals surface area contributed by atoms with Crippen molar-refractivity contribution < 1.29 is 31.5 Å². The van der Waals surface area contributed by atoms with Crippen LogP contribution < -0.4 is 10.2 Å². The van der Waals surface area contributed by atoms with Gasteiger partial charge in [-0.3, -0.25) is 9.59 Å². The molecule has 4 nitrogen and oxygen atoms in total. The zero-order valence-corrected chi connectivity index (χ0v) is 14.1. The van der Waals surface area contributed by atoms with E-state index in [-0.39, 0.29) is 24.3 Å². The zero-order valence-electron chi connectivity index (χ0n) is 14.1. The van der Waals surface area contributed by atoms with Crippen LogP contribution in [0.1, 0.15) is 18.9 Å². The van der Waals surface area contributed by atoms with Gasteiger partial charge >= 0.3 is 6.18 Å². The van der Waals surface area contributed by atoms with Gasteiger partial charge in [0.25, 0.3) is 0 Å². The van der Waals surface area contributed by atoms with Gasteiger partial charge in [-0.05, 0) is 36.4 Å². The minimum atomic E-state index is -4.50. The Bertz CT molecular complexity index is 835. The lowest BCUT2D eigenvalue weighted by Crippen LogP contribution is -2.32. The number of nitrogens with zero attached hydrogens (tertiary/aromatic N) is 1. The van der Waals surface area contributed by atoms with Crippen LogP contribution in [0.25, 0.3) is 0 Å². The van der Waals surface area contributed by atoms with Gasteiger partial charge in [0, 0.05) is 37.3 Å². The molecule has 27 heavy (non-hydrogen) atoms. The zero-order chi connectivity index (χ0) is 20.2. The summed E-state index contributed by atoms with van der Waals surface area (Å²) in [5.41, 5.74) is -0.607. The molecule has 0 saturated carbocycles. The Morgan fingerprint density at radius 1 is 1.00 bits per heavy atom. The van der Waals surface area contributed by atoms with Gasteiger partial charge in [-0.2, -0.15) is 13.2 Å². The number of nitrogens with one attached hydrogen (secondary N) is 1. The average molecular weight is 386 g/mol. The van der Waals surface area contributed by atoms with E-state index in [9.17, 15) is 31.5 Å². The normalized spacial score (nSPS) is 11.2. The van der Waals surface area contributed by atoms with Crippen molar-refractivity contribution in [3.8, 4) is 0 Å².